The highest BCUT2D eigenvalue weighted by Crippen LogP contribution is 2.43. The van der Waals surface area contributed by atoms with Crippen LogP contribution >= 0.6 is 0 Å². The molecule has 0 aliphatic carbocycles. The van der Waals surface area contributed by atoms with E-state index in [1.807, 2.05) is 60.8 Å². The summed E-state index contributed by atoms with van der Waals surface area (Å²) in [7, 11) is 0. The van der Waals surface area contributed by atoms with E-state index < -0.39 is 11.1 Å². The van der Waals surface area contributed by atoms with Crippen LogP contribution in [0.5, 0.6) is 0 Å². The van der Waals surface area contributed by atoms with Gasteiger partial charge in [-0.25, -0.2) is 4.98 Å². The molecule has 0 saturated heterocycles. The van der Waals surface area contributed by atoms with Gasteiger partial charge in [0.1, 0.15) is 5.54 Å². The van der Waals surface area contributed by atoms with Gasteiger partial charge in [-0.1, -0.05) is 115 Å². The van der Waals surface area contributed by atoms with Gasteiger partial charge >= 0.3 is 0 Å². The van der Waals surface area contributed by atoms with Crippen molar-refractivity contribution >= 4 is 0 Å². The van der Waals surface area contributed by atoms with Crippen LogP contribution in [0.25, 0.3) is 0 Å². The number of nitriles is 2. The predicted molar refractivity (Wildman–Crippen MR) is 161 cm³/mol. The second-order valence-electron chi connectivity index (χ2n) is 10.1. The highest BCUT2D eigenvalue weighted by molar-refractivity contribution is 5.52. The van der Waals surface area contributed by atoms with Gasteiger partial charge in [0.15, 0.2) is 5.60 Å². The maximum absolute atomic E-state index is 12.6. The van der Waals surface area contributed by atoms with E-state index in [2.05, 4.69) is 53.1 Å². The molecule has 1 N–H and O–H groups in total. The molecule has 0 amide bonds. The molecule has 0 spiro atoms. The van der Waals surface area contributed by atoms with Crippen molar-refractivity contribution < 1.29 is 5.11 Å². The van der Waals surface area contributed by atoms with Crippen molar-refractivity contribution in [2.75, 3.05) is 0 Å². The van der Waals surface area contributed by atoms with Gasteiger partial charge < -0.3 is 9.67 Å². The Balaban J connectivity index is 1.63. The Morgan fingerprint density at radius 1 is 0.524 bits per heavy atom. The highest BCUT2D eigenvalue weighted by atomic mass is 16.3. The van der Waals surface area contributed by atoms with E-state index in [1.165, 1.54) is 0 Å². The van der Waals surface area contributed by atoms with Gasteiger partial charge in [-0.2, -0.15) is 10.5 Å². The molecular formula is C37H26N4O. The third-order valence-corrected chi connectivity index (χ3v) is 7.78. The summed E-state index contributed by atoms with van der Waals surface area (Å²) in [5.41, 5.74) is 3.13. The largest absolute Gasteiger partial charge is 0.374 e. The molecule has 0 aliphatic rings. The molecule has 1 aromatic heterocycles. The van der Waals surface area contributed by atoms with E-state index in [0.29, 0.717) is 27.9 Å². The molecule has 0 fully saturated rings. The Morgan fingerprint density at radius 2 is 0.905 bits per heavy atom. The third-order valence-electron chi connectivity index (χ3n) is 7.78. The molecule has 0 atom stereocenters. The number of rotatable bonds is 7. The first-order valence-electron chi connectivity index (χ1n) is 13.6. The maximum atomic E-state index is 12.6. The first-order chi connectivity index (χ1) is 20.6. The van der Waals surface area contributed by atoms with Crippen LogP contribution in [0.4, 0.5) is 0 Å². The molecule has 200 valence electrons. The highest BCUT2D eigenvalue weighted by Gasteiger charge is 2.41. The fraction of sp³-hybridized carbons (Fsp3) is 0.0541. The van der Waals surface area contributed by atoms with Gasteiger partial charge in [-0.05, 0) is 52.1 Å². The zero-order valence-electron chi connectivity index (χ0n) is 22.7. The van der Waals surface area contributed by atoms with Gasteiger partial charge in [-0.15, -0.1) is 0 Å². The molecule has 1 heterocycles. The number of aromatic nitrogens is 2. The zero-order valence-corrected chi connectivity index (χ0v) is 22.7. The Morgan fingerprint density at radius 3 is 1.26 bits per heavy atom. The lowest BCUT2D eigenvalue weighted by Gasteiger charge is -2.37. The first kappa shape index (κ1) is 26.5. The number of hydrogen-bond acceptors (Lipinski definition) is 4. The smallest absolute Gasteiger partial charge is 0.158 e. The van der Waals surface area contributed by atoms with E-state index >= 15 is 0 Å². The van der Waals surface area contributed by atoms with Crippen molar-refractivity contribution in [3.8, 4) is 12.1 Å². The van der Waals surface area contributed by atoms with Crippen molar-refractivity contribution in [2.45, 2.75) is 11.1 Å². The minimum Gasteiger partial charge on any atom is -0.374 e. The molecular weight excluding hydrogens is 516 g/mol. The maximum Gasteiger partial charge on any atom is 0.158 e. The summed E-state index contributed by atoms with van der Waals surface area (Å²) in [6.07, 6.45) is 3.66. The van der Waals surface area contributed by atoms with Gasteiger partial charge in [0, 0.05) is 6.20 Å². The average molecular weight is 543 g/mol. The molecule has 6 aromatic rings. The number of hydrogen-bond donors (Lipinski definition) is 1. The van der Waals surface area contributed by atoms with Crippen molar-refractivity contribution in [1.29, 1.82) is 10.5 Å². The molecule has 0 bridgehead atoms. The van der Waals surface area contributed by atoms with Crippen LogP contribution in [0, 0.1) is 22.7 Å². The van der Waals surface area contributed by atoms with Crippen LogP contribution in [-0.2, 0) is 11.1 Å². The summed E-state index contributed by atoms with van der Waals surface area (Å²) in [6.45, 7) is 0. The predicted octanol–water partition coefficient (Wildman–Crippen LogP) is 6.75. The zero-order chi connectivity index (χ0) is 29.0. The van der Waals surface area contributed by atoms with Crippen molar-refractivity contribution in [3.05, 3.63) is 197 Å². The third kappa shape index (κ3) is 4.35. The molecule has 5 nitrogen and oxygen atoms in total. The molecule has 0 unspecified atom stereocenters. The lowest BCUT2D eigenvalue weighted by molar-refractivity contribution is 0.121. The van der Waals surface area contributed by atoms with Crippen molar-refractivity contribution in [2.24, 2.45) is 0 Å². The van der Waals surface area contributed by atoms with E-state index in [0.717, 1.165) is 16.7 Å². The fourth-order valence-corrected chi connectivity index (χ4v) is 5.71. The minimum absolute atomic E-state index is 0.407. The summed E-state index contributed by atoms with van der Waals surface area (Å²) >= 11 is 0. The van der Waals surface area contributed by atoms with Gasteiger partial charge in [0.05, 0.1) is 35.3 Å². The number of aliphatic hydroxyl groups is 1. The standard InChI is InChI=1S/C37H26N4O/c38-24-28-16-20-33(21-17-28)37(42,34-22-18-29(25-39)19-23-34)35-26-41(27-40-35)36(30-10-4-1-5-11-30,31-12-6-2-7-13-31)32-14-8-3-9-15-32/h1-23,26-27,42H. The molecule has 6 rings (SSSR count). The second kappa shape index (κ2) is 11.0. The number of benzene rings is 5. The van der Waals surface area contributed by atoms with Crippen LogP contribution in [0.3, 0.4) is 0 Å². The van der Waals surface area contributed by atoms with Crippen molar-refractivity contribution in [3.63, 3.8) is 0 Å². The van der Waals surface area contributed by atoms with E-state index in [9.17, 15) is 15.6 Å². The second-order valence-corrected chi connectivity index (χ2v) is 10.1. The van der Waals surface area contributed by atoms with Gasteiger partial charge in [0.2, 0.25) is 0 Å². The lowest BCUT2D eigenvalue weighted by Crippen LogP contribution is -2.37. The monoisotopic (exact) mass is 542 g/mol. The van der Waals surface area contributed by atoms with Gasteiger partial charge in [-0.3, -0.25) is 0 Å². The summed E-state index contributed by atoms with van der Waals surface area (Å²) in [5, 5.41) is 31.4. The molecule has 42 heavy (non-hydrogen) atoms. The summed E-state index contributed by atoms with van der Waals surface area (Å²) < 4.78 is 2.06. The summed E-state index contributed by atoms with van der Waals surface area (Å²) in [5.74, 6) is 0. The van der Waals surface area contributed by atoms with E-state index in [4.69, 9.17) is 4.98 Å². The van der Waals surface area contributed by atoms with Crippen LogP contribution in [0.1, 0.15) is 44.6 Å². The molecule has 5 heteroatoms. The number of nitrogens with zero attached hydrogens (tertiary/aromatic N) is 4. The quantitative estimate of drug-likeness (QED) is 0.226. The fourth-order valence-electron chi connectivity index (χ4n) is 5.71. The Bertz CT molecular complexity index is 1730. The molecule has 5 aromatic carbocycles. The Hall–Kier alpha value is -5.75. The molecule has 0 aliphatic heterocycles. The minimum atomic E-state index is -1.66. The summed E-state index contributed by atoms with van der Waals surface area (Å²) in [6, 6.07) is 48.8. The van der Waals surface area contributed by atoms with Crippen LogP contribution in [0.2, 0.25) is 0 Å². The van der Waals surface area contributed by atoms with Gasteiger partial charge in [0.25, 0.3) is 0 Å². The summed E-state index contributed by atoms with van der Waals surface area (Å²) in [4.78, 5) is 4.85. The van der Waals surface area contributed by atoms with Crippen LogP contribution < -0.4 is 0 Å². The van der Waals surface area contributed by atoms with Crippen molar-refractivity contribution in [1.82, 2.24) is 9.55 Å². The van der Waals surface area contributed by atoms with E-state index in [-0.39, 0.29) is 0 Å². The Labute approximate surface area is 244 Å². The molecule has 0 radical (unpaired) electrons. The number of imidazole rings is 1. The van der Waals surface area contributed by atoms with E-state index in [1.54, 1.807) is 54.9 Å². The molecule has 0 saturated carbocycles. The Kier molecular flexibility index (Phi) is 6.95. The van der Waals surface area contributed by atoms with Crippen LogP contribution in [-0.4, -0.2) is 14.7 Å². The average Bonchev–Trinajstić information content (AvgIpc) is 3.57. The van der Waals surface area contributed by atoms with Crippen LogP contribution in [0.15, 0.2) is 152 Å². The lowest BCUT2D eigenvalue weighted by atomic mass is 9.76. The normalized spacial score (nSPS) is 11.4. The SMILES string of the molecule is N#Cc1ccc(C(O)(c2ccc(C#N)cc2)c2cn(C(c3ccccc3)(c3ccccc3)c3ccccc3)cn2)cc1. The topological polar surface area (TPSA) is 85.6 Å². The first-order valence-corrected chi connectivity index (χ1v) is 13.6.